The number of aryl methyl sites for hydroxylation is 1. The number of halogens is 1. The Morgan fingerprint density at radius 3 is 2.92 bits per heavy atom. The van der Waals surface area contributed by atoms with Crippen molar-refractivity contribution >= 4 is 23.4 Å². The van der Waals surface area contributed by atoms with Gasteiger partial charge >= 0.3 is 0 Å². The minimum atomic E-state index is 0.0508. The minimum absolute atomic E-state index is 0.0508. The second-order valence-corrected chi connectivity index (χ2v) is 7.04. The Morgan fingerprint density at radius 2 is 2.25 bits per heavy atom. The van der Waals surface area contributed by atoms with E-state index < -0.39 is 0 Å². The molecule has 0 aromatic carbocycles. The molecule has 2 amide bonds. The molecule has 0 radical (unpaired) electrons. The van der Waals surface area contributed by atoms with Crippen LogP contribution in [-0.2, 0) is 16.1 Å². The molecule has 8 heteroatoms. The number of likely N-dealkylation sites (tertiary alicyclic amines) is 2. The van der Waals surface area contributed by atoms with Gasteiger partial charge in [-0.2, -0.15) is 5.10 Å². The second-order valence-electron chi connectivity index (χ2n) is 6.63. The summed E-state index contributed by atoms with van der Waals surface area (Å²) in [5.74, 6) is 0.591. The summed E-state index contributed by atoms with van der Waals surface area (Å²) >= 11 is 5.99. The summed E-state index contributed by atoms with van der Waals surface area (Å²) in [4.78, 5) is 28.5. The molecule has 0 spiro atoms. The van der Waals surface area contributed by atoms with Crippen molar-refractivity contribution in [1.29, 1.82) is 0 Å². The lowest BCUT2D eigenvalue weighted by Crippen LogP contribution is -2.58. The summed E-state index contributed by atoms with van der Waals surface area (Å²) in [6.45, 7) is 4.49. The first-order valence-corrected chi connectivity index (χ1v) is 8.84. The first-order valence-electron chi connectivity index (χ1n) is 8.46. The maximum absolute atomic E-state index is 12.6. The number of hydrogen-bond donors (Lipinski definition) is 1. The molecule has 2 atom stereocenters. The normalized spacial score (nSPS) is 24.2. The summed E-state index contributed by atoms with van der Waals surface area (Å²) in [7, 11) is 0. The van der Waals surface area contributed by atoms with Crippen molar-refractivity contribution in [3.8, 4) is 0 Å². The number of nitrogens with zero attached hydrogens (tertiary/aromatic N) is 4. The van der Waals surface area contributed by atoms with Gasteiger partial charge in [0.1, 0.15) is 6.54 Å². The standard InChI is InChI=1S/C16H24ClN5O2/c1-11-13(17)9-21(19-11)10-16(24)20-6-4-14-12(8-20)2-3-15(23)22(14)7-5-18/h9,12,14H,2-8,10,18H2,1H3. The Balaban J connectivity index is 1.62. The van der Waals surface area contributed by atoms with Crippen LogP contribution in [0.15, 0.2) is 6.20 Å². The lowest BCUT2D eigenvalue weighted by Gasteiger charge is -2.47. The van der Waals surface area contributed by atoms with Crippen molar-refractivity contribution in [1.82, 2.24) is 19.6 Å². The van der Waals surface area contributed by atoms with Gasteiger partial charge in [-0.25, -0.2) is 0 Å². The lowest BCUT2D eigenvalue weighted by molar-refractivity contribution is -0.144. The van der Waals surface area contributed by atoms with E-state index in [4.69, 9.17) is 17.3 Å². The van der Waals surface area contributed by atoms with E-state index in [-0.39, 0.29) is 24.4 Å². The third-order valence-electron chi connectivity index (χ3n) is 5.05. The molecule has 7 nitrogen and oxygen atoms in total. The van der Waals surface area contributed by atoms with Gasteiger partial charge in [0, 0.05) is 44.8 Å². The summed E-state index contributed by atoms with van der Waals surface area (Å²) in [5, 5.41) is 4.82. The van der Waals surface area contributed by atoms with E-state index in [9.17, 15) is 9.59 Å². The van der Waals surface area contributed by atoms with Crippen LogP contribution in [0.1, 0.15) is 25.0 Å². The van der Waals surface area contributed by atoms with Gasteiger partial charge in [0.05, 0.1) is 10.7 Å². The number of carbonyl (C=O) groups excluding carboxylic acids is 2. The predicted octanol–water partition coefficient (Wildman–Crippen LogP) is 0.643. The molecule has 2 saturated heterocycles. The number of aromatic nitrogens is 2. The molecule has 2 N–H and O–H groups in total. The summed E-state index contributed by atoms with van der Waals surface area (Å²) in [5.41, 5.74) is 6.37. The number of hydrogen-bond acceptors (Lipinski definition) is 4. The number of rotatable bonds is 4. The van der Waals surface area contributed by atoms with Gasteiger partial charge in [0.2, 0.25) is 11.8 Å². The maximum atomic E-state index is 12.6. The van der Waals surface area contributed by atoms with E-state index in [1.54, 1.807) is 10.9 Å². The van der Waals surface area contributed by atoms with Crippen LogP contribution in [0.5, 0.6) is 0 Å². The van der Waals surface area contributed by atoms with Crippen LogP contribution in [0.25, 0.3) is 0 Å². The van der Waals surface area contributed by atoms with E-state index in [0.717, 1.165) is 18.5 Å². The van der Waals surface area contributed by atoms with Crippen molar-refractivity contribution in [3.05, 3.63) is 16.9 Å². The average Bonchev–Trinajstić information content (AvgIpc) is 2.87. The maximum Gasteiger partial charge on any atom is 0.244 e. The largest absolute Gasteiger partial charge is 0.341 e. The third kappa shape index (κ3) is 3.42. The van der Waals surface area contributed by atoms with Crippen LogP contribution >= 0.6 is 11.6 Å². The smallest absolute Gasteiger partial charge is 0.244 e. The highest BCUT2D eigenvalue weighted by Crippen LogP contribution is 2.31. The highest BCUT2D eigenvalue weighted by atomic mass is 35.5. The second kappa shape index (κ2) is 7.11. The molecule has 24 heavy (non-hydrogen) atoms. The van der Waals surface area contributed by atoms with Crippen molar-refractivity contribution in [2.45, 2.75) is 38.8 Å². The van der Waals surface area contributed by atoms with E-state index in [1.807, 2.05) is 16.7 Å². The number of fused-ring (bicyclic) bond motifs is 1. The molecule has 2 unspecified atom stereocenters. The van der Waals surface area contributed by atoms with Crippen LogP contribution < -0.4 is 5.73 Å². The fourth-order valence-electron chi connectivity index (χ4n) is 3.82. The van der Waals surface area contributed by atoms with Crippen LogP contribution in [0.3, 0.4) is 0 Å². The quantitative estimate of drug-likeness (QED) is 0.861. The zero-order valence-electron chi connectivity index (χ0n) is 13.9. The molecule has 1 aromatic heterocycles. The average molecular weight is 354 g/mol. The van der Waals surface area contributed by atoms with Gasteiger partial charge in [-0.1, -0.05) is 11.6 Å². The highest BCUT2D eigenvalue weighted by Gasteiger charge is 2.39. The molecule has 1 aromatic rings. The van der Waals surface area contributed by atoms with Crippen molar-refractivity contribution in [2.75, 3.05) is 26.2 Å². The van der Waals surface area contributed by atoms with Gasteiger partial charge in [-0.05, 0) is 25.7 Å². The van der Waals surface area contributed by atoms with E-state index in [0.29, 0.717) is 43.5 Å². The molecular formula is C16H24ClN5O2. The van der Waals surface area contributed by atoms with E-state index in [2.05, 4.69) is 5.10 Å². The Labute approximate surface area is 146 Å². The molecule has 132 valence electrons. The fourth-order valence-corrected chi connectivity index (χ4v) is 3.97. The van der Waals surface area contributed by atoms with Gasteiger partial charge < -0.3 is 15.5 Å². The SMILES string of the molecule is Cc1nn(CC(=O)N2CCC3C(CCC(=O)N3CCN)C2)cc1Cl. The number of carbonyl (C=O) groups is 2. The Kier molecular flexibility index (Phi) is 5.10. The molecule has 3 rings (SSSR count). The number of piperidine rings is 2. The first-order chi connectivity index (χ1) is 11.5. The van der Waals surface area contributed by atoms with Gasteiger partial charge in [-0.3, -0.25) is 14.3 Å². The fraction of sp³-hybridized carbons (Fsp3) is 0.688. The van der Waals surface area contributed by atoms with Gasteiger partial charge in [-0.15, -0.1) is 0 Å². The van der Waals surface area contributed by atoms with Crippen molar-refractivity contribution in [2.24, 2.45) is 11.7 Å². The molecule has 3 heterocycles. The van der Waals surface area contributed by atoms with Crippen LogP contribution in [-0.4, -0.2) is 63.6 Å². The topological polar surface area (TPSA) is 84.5 Å². The molecule has 0 saturated carbocycles. The summed E-state index contributed by atoms with van der Waals surface area (Å²) in [6, 6.07) is 0.222. The first kappa shape index (κ1) is 17.2. The van der Waals surface area contributed by atoms with Crippen LogP contribution in [0.2, 0.25) is 5.02 Å². The Morgan fingerprint density at radius 1 is 1.46 bits per heavy atom. The molecule has 0 aliphatic carbocycles. The molecule has 2 aliphatic heterocycles. The minimum Gasteiger partial charge on any atom is -0.341 e. The number of nitrogens with two attached hydrogens (primary N) is 1. The summed E-state index contributed by atoms with van der Waals surface area (Å²) in [6.07, 6.45) is 3.91. The van der Waals surface area contributed by atoms with Gasteiger partial charge in [0.15, 0.2) is 0 Å². The molecule has 2 aliphatic rings. The Bertz CT molecular complexity index is 612. The molecular weight excluding hydrogens is 330 g/mol. The number of amides is 2. The third-order valence-corrected chi connectivity index (χ3v) is 5.42. The Hall–Kier alpha value is -1.60. The van der Waals surface area contributed by atoms with Gasteiger partial charge in [0.25, 0.3) is 0 Å². The van der Waals surface area contributed by atoms with Crippen LogP contribution in [0.4, 0.5) is 0 Å². The lowest BCUT2D eigenvalue weighted by atomic mass is 9.83. The van der Waals surface area contributed by atoms with Crippen LogP contribution in [0, 0.1) is 12.8 Å². The zero-order chi connectivity index (χ0) is 17.3. The summed E-state index contributed by atoms with van der Waals surface area (Å²) < 4.78 is 1.59. The monoisotopic (exact) mass is 353 g/mol. The highest BCUT2D eigenvalue weighted by molar-refractivity contribution is 6.31. The predicted molar refractivity (Wildman–Crippen MR) is 90.5 cm³/mol. The van der Waals surface area contributed by atoms with E-state index >= 15 is 0 Å². The zero-order valence-corrected chi connectivity index (χ0v) is 14.7. The molecule has 2 fully saturated rings. The van der Waals surface area contributed by atoms with Crippen molar-refractivity contribution in [3.63, 3.8) is 0 Å². The van der Waals surface area contributed by atoms with E-state index in [1.165, 1.54) is 0 Å². The molecule has 0 bridgehead atoms. The van der Waals surface area contributed by atoms with Crippen molar-refractivity contribution < 1.29 is 9.59 Å².